The standard InChI is InChI=1S/C12H16BrN3O3/c1-2-6-15-12(17)5-7-14-10-8-9(13)3-4-11(10)16(18)19/h3-4,8,14H,2,5-7H2,1H3,(H,15,17). The Morgan fingerprint density at radius 2 is 2.16 bits per heavy atom. The van der Waals surface area contributed by atoms with Crippen molar-refractivity contribution in [2.75, 3.05) is 18.4 Å². The highest BCUT2D eigenvalue weighted by molar-refractivity contribution is 9.10. The van der Waals surface area contributed by atoms with Crippen molar-refractivity contribution in [3.8, 4) is 0 Å². The Balaban J connectivity index is 2.55. The summed E-state index contributed by atoms with van der Waals surface area (Å²) >= 11 is 3.26. The van der Waals surface area contributed by atoms with E-state index >= 15 is 0 Å². The molecule has 6 nitrogen and oxygen atoms in total. The monoisotopic (exact) mass is 329 g/mol. The summed E-state index contributed by atoms with van der Waals surface area (Å²) in [4.78, 5) is 21.8. The molecule has 0 unspecified atom stereocenters. The third kappa shape index (κ3) is 5.25. The lowest BCUT2D eigenvalue weighted by atomic mass is 10.2. The first-order valence-electron chi connectivity index (χ1n) is 5.99. The fourth-order valence-corrected chi connectivity index (χ4v) is 1.83. The maximum Gasteiger partial charge on any atom is 0.292 e. The van der Waals surface area contributed by atoms with Gasteiger partial charge in [-0.2, -0.15) is 0 Å². The molecular weight excluding hydrogens is 314 g/mol. The molecule has 0 fully saturated rings. The number of anilines is 1. The van der Waals surface area contributed by atoms with Crippen LogP contribution in [0.25, 0.3) is 0 Å². The Morgan fingerprint density at radius 1 is 1.42 bits per heavy atom. The lowest BCUT2D eigenvalue weighted by Crippen LogP contribution is -2.25. The summed E-state index contributed by atoms with van der Waals surface area (Å²) in [6, 6.07) is 4.66. The van der Waals surface area contributed by atoms with E-state index < -0.39 is 4.92 Å². The van der Waals surface area contributed by atoms with Crippen molar-refractivity contribution in [3.05, 3.63) is 32.8 Å². The van der Waals surface area contributed by atoms with E-state index in [0.29, 0.717) is 18.8 Å². The van der Waals surface area contributed by atoms with Crippen LogP contribution in [-0.4, -0.2) is 23.9 Å². The van der Waals surface area contributed by atoms with Crippen LogP contribution in [0.1, 0.15) is 19.8 Å². The van der Waals surface area contributed by atoms with E-state index in [0.717, 1.165) is 10.9 Å². The molecule has 0 aromatic heterocycles. The number of nitrogens with one attached hydrogen (secondary N) is 2. The van der Waals surface area contributed by atoms with Crippen molar-refractivity contribution in [3.63, 3.8) is 0 Å². The third-order valence-electron chi connectivity index (χ3n) is 2.39. The van der Waals surface area contributed by atoms with Crippen molar-refractivity contribution >= 4 is 33.2 Å². The molecule has 1 aromatic rings. The average Bonchev–Trinajstić information content (AvgIpc) is 2.36. The zero-order valence-electron chi connectivity index (χ0n) is 10.6. The predicted molar refractivity (Wildman–Crippen MR) is 77.2 cm³/mol. The lowest BCUT2D eigenvalue weighted by Gasteiger charge is -2.08. The van der Waals surface area contributed by atoms with E-state index in [-0.39, 0.29) is 18.0 Å². The molecule has 1 rings (SSSR count). The molecule has 19 heavy (non-hydrogen) atoms. The summed E-state index contributed by atoms with van der Waals surface area (Å²) in [5.74, 6) is -0.0630. The largest absolute Gasteiger partial charge is 0.379 e. The van der Waals surface area contributed by atoms with Gasteiger partial charge in [0, 0.05) is 30.0 Å². The number of amides is 1. The summed E-state index contributed by atoms with van der Waals surface area (Å²) in [5.41, 5.74) is 0.403. The number of carbonyl (C=O) groups excluding carboxylic acids is 1. The summed E-state index contributed by atoms with van der Waals surface area (Å²) < 4.78 is 0.746. The van der Waals surface area contributed by atoms with Crippen LogP contribution in [-0.2, 0) is 4.79 Å². The summed E-state index contributed by atoms with van der Waals surface area (Å²) in [6.07, 6.45) is 1.17. The van der Waals surface area contributed by atoms with Crippen molar-refractivity contribution in [2.24, 2.45) is 0 Å². The molecule has 104 valence electrons. The van der Waals surface area contributed by atoms with Gasteiger partial charge in [-0.05, 0) is 18.6 Å². The highest BCUT2D eigenvalue weighted by Gasteiger charge is 2.13. The minimum Gasteiger partial charge on any atom is -0.379 e. The third-order valence-corrected chi connectivity index (χ3v) is 2.89. The van der Waals surface area contributed by atoms with E-state index in [4.69, 9.17) is 0 Å². The van der Waals surface area contributed by atoms with Crippen molar-refractivity contribution < 1.29 is 9.72 Å². The van der Waals surface area contributed by atoms with Crippen LogP contribution >= 0.6 is 15.9 Å². The van der Waals surface area contributed by atoms with Gasteiger partial charge in [0.15, 0.2) is 0 Å². The second kappa shape index (κ2) is 7.73. The quantitative estimate of drug-likeness (QED) is 0.595. The zero-order valence-corrected chi connectivity index (χ0v) is 12.2. The molecule has 0 aliphatic carbocycles. The van der Waals surface area contributed by atoms with Crippen molar-refractivity contribution in [1.29, 1.82) is 0 Å². The molecule has 1 amide bonds. The molecule has 0 bridgehead atoms. The second-order valence-electron chi connectivity index (χ2n) is 3.95. The number of nitro groups is 1. The fraction of sp³-hybridized carbons (Fsp3) is 0.417. The Bertz CT molecular complexity index is 466. The van der Waals surface area contributed by atoms with Gasteiger partial charge in [-0.15, -0.1) is 0 Å². The minimum absolute atomic E-state index is 0.00262. The minimum atomic E-state index is -0.452. The van der Waals surface area contributed by atoms with E-state index in [1.54, 1.807) is 12.1 Å². The first-order valence-corrected chi connectivity index (χ1v) is 6.78. The molecule has 0 spiro atoms. The number of benzene rings is 1. The molecule has 2 N–H and O–H groups in total. The first kappa shape index (κ1) is 15.4. The number of nitro benzene ring substituents is 1. The zero-order chi connectivity index (χ0) is 14.3. The van der Waals surface area contributed by atoms with Crippen molar-refractivity contribution in [2.45, 2.75) is 19.8 Å². The van der Waals surface area contributed by atoms with Gasteiger partial charge >= 0.3 is 0 Å². The SMILES string of the molecule is CCCNC(=O)CCNc1cc(Br)ccc1[N+](=O)[O-]. The van der Waals surface area contributed by atoms with Gasteiger partial charge in [0.25, 0.3) is 5.69 Å². The average molecular weight is 330 g/mol. The van der Waals surface area contributed by atoms with Crippen LogP contribution in [0.15, 0.2) is 22.7 Å². The maximum atomic E-state index is 11.4. The van der Waals surface area contributed by atoms with Gasteiger partial charge < -0.3 is 10.6 Å². The Hall–Kier alpha value is -1.63. The number of hydrogen-bond donors (Lipinski definition) is 2. The van der Waals surface area contributed by atoms with Crippen molar-refractivity contribution in [1.82, 2.24) is 5.32 Å². The molecule has 0 heterocycles. The summed E-state index contributed by atoms with van der Waals surface area (Å²) in [6.45, 7) is 2.98. The Morgan fingerprint density at radius 3 is 2.79 bits per heavy atom. The van der Waals surface area contributed by atoms with Crippen LogP contribution in [0.2, 0.25) is 0 Å². The number of nitrogens with zero attached hydrogens (tertiary/aromatic N) is 1. The molecule has 0 aliphatic rings. The Kier molecular flexibility index (Phi) is 6.27. The molecule has 7 heteroatoms. The summed E-state index contributed by atoms with van der Waals surface area (Å²) in [7, 11) is 0. The van der Waals surface area contributed by atoms with E-state index in [1.807, 2.05) is 6.92 Å². The normalized spacial score (nSPS) is 10.0. The number of halogens is 1. The van der Waals surface area contributed by atoms with Gasteiger partial charge in [-0.1, -0.05) is 22.9 Å². The van der Waals surface area contributed by atoms with Gasteiger partial charge in [0.1, 0.15) is 5.69 Å². The molecule has 1 aromatic carbocycles. The molecular formula is C12H16BrN3O3. The van der Waals surface area contributed by atoms with Crippen LogP contribution in [0.3, 0.4) is 0 Å². The molecule has 0 aliphatic heterocycles. The molecule has 0 saturated carbocycles. The fourth-order valence-electron chi connectivity index (χ4n) is 1.47. The lowest BCUT2D eigenvalue weighted by molar-refractivity contribution is -0.384. The molecule has 0 radical (unpaired) electrons. The maximum absolute atomic E-state index is 11.4. The van der Waals surface area contributed by atoms with Gasteiger partial charge in [-0.3, -0.25) is 14.9 Å². The number of rotatable bonds is 7. The number of carbonyl (C=O) groups is 1. The second-order valence-corrected chi connectivity index (χ2v) is 4.86. The summed E-state index contributed by atoms with van der Waals surface area (Å²) in [5, 5.41) is 16.5. The van der Waals surface area contributed by atoms with Crippen LogP contribution in [0.4, 0.5) is 11.4 Å². The number of hydrogen-bond acceptors (Lipinski definition) is 4. The highest BCUT2D eigenvalue weighted by atomic mass is 79.9. The highest BCUT2D eigenvalue weighted by Crippen LogP contribution is 2.27. The van der Waals surface area contributed by atoms with E-state index in [1.165, 1.54) is 6.07 Å². The van der Waals surface area contributed by atoms with E-state index in [2.05, 4.69) is 26.6 Å². The predicted octanol–water partition coefficient (Wildman–Crippen LogP) is 2.69. The van der Waals surface area contributed by atoms with Gasteiger partial charge in [0.2, 0.25) is 5.91 Å². The van der Waals surface area contributed by atoms with Crippen LogP contribution in [0, 0.1) is 10.1 Å². The molecule has 0 saturated heterocycles. The van der Waals surface area contributed by atoms with Gasteiger partial charge in [0.05, 0.1) is 4.92 Å². The van der Waals surface area contributed by atoms with Gasteiger partial charge in [-0.25, -0.2) is 0 Å². The molecule has 0 atom stereocenters. The Labute approximate surface area is 119 Å². The first-order chi connectivity index (χ1) is 9.04. The van der Waals surface area contributed by atoms with E-state index in [9.17, 15) is 14.9 Å². The van der Waals surface area contributed by atoms with Crippen LogP contribution in [0.5, 0.6) is 0 Å². The smallest absolute Gasteiger partial charge is 0.292 e. The topological polar surface area (TPSA) is 84.3 Å². The van der Waals surface area contributed by atoms with Crippen LogP contribution < -0.4 is 10.6 Å².